The van der Waals surface area contributed by atoms with E-state index in [-0.39, 0.29) is 18.4 Å². The molecular weight excluding hydrogens is 418 g/mol. The lowest BCUT2D eigenvalue weighted by Gasteiger charge is -2.36. The van der Waals surface area contributed by atoms with Gasteiger partial charge in [-0.05, 0) is 61.7 Å². The number of hydrogen-bond donors (Lipinski definition) is 1. The number of ether oxygens (including phenoxy) is 1. The van der Waals surface area contributed by atoms with Gasteiger partial charge in [-0.25, -0.2) is 4.90 Å². The first-order valence-corrected chi connectivity index (χ1v) is 11.5. The Bertz CT molecular complexity index is 1050. The topological polar surface area (TPSA) is 73.3 Å². The van der Waals surface area contributed by atoms with E-state index >= 15 is 0 Å². The molecule has 2 amide bonds. The molecule has 7 nitrogen and oxygen atoms in total. The maximum absolute atomic E-state index is 13.7. The zero-order chi connectivity index (χ0) is 23.5. The van der Waals surface area contributed by atoms with Crippen molar-refractivity contribution in [2.75, 3.05) is 50.8 Å². The molecule has 2 aromatic carbocycles. The van der Waals surface area contributed by atoms with Gasteiger partial charge in [0.15, 0.2) is 0 Å². The van der Waals surface area contributed by atoms with Crippen molar-refractivity contribution in [3.8, 4) is 5.75 Å². The molecule has 0 aromatic heterocycles. The summed E-state index contributed by atoms with van der Waals surface area (Å²) in [5.41, 5.74) is 4.18. The number of anilines is 1. The predicted molar refractivity (Wildman–Crippen MR) is 128 cm³/mol. The van der Waals surface area contributed by atoms with E-state index in [1.165, 1.54) is 4.90 Å². The van der Waals surface area contributed by atoms with Crippen molar-refractivity contribution in [2.24, 2.45) is 0 Å². The Morgan fingerprint density at radius 2 is 1.55 bits per heavy atom. The van der Waals surface area contributed by atoms with Crippen LogP contribution in [0.4, 0.5) is 5.69 Å². The third-order valence-electron chi connectivity index (χ3n) is 6.08. The summed E-state index contributed by atoms with van der Waals surface area (Å²) in [5, 5.41) is 9.25. The van der Waals surface area contributed by atoms with Crippen molar-refractivity contribution in [3.63, 3.8) is 0 Å². The third-order valence-corrected chi connectivity index (χ3v) is 6.08. The van der Waals surface area contributed by atoms with E-state index < -0.39 is 0 Å². The Kier molecular flexibility index (Phi) is 6.81. The van der Waals surface area contributed by atoms with Crippen LogP contribution in [0.2, 0.25) is 0 Å². The molecule has 0 radical (unpaired) electrons. The summed E-state index contributed by atoms with van der Waals surface area (Å²) in [6.45, 7) is 9.82. The maximum Gasteiger partial charge on any atom is 0.282 e. The molecule has 1 fully saturated rings. The highest BCUT2D eigenvalue weighted by atomic mass is 16.5. The summed E-state index contributed by atoms with van der Waals surface area (Å²) in [5.74, 6) is 0.135. The summed E-state index contributed by atoms with van der Waals surface area (Å²) in [4.78, 5) is 32.9. The van der Waals surface area contributed by atoms with Crippen molar-refractivity contribution in [1.82, 2.24) is 9.80 Å². The molecule has 0 bridgehead atoms. The minimum absolute atomic E-state index is 0.109. The van der Waals surface area contributed by atoms with Crippen molar-refractivity contribution < 1.29 is 19.4 Å². The molecule has 0 aliphatic carbocycles. The van der Waals surface area contributed by atoms with E-state index in [4.69, 9.17) is 4.74 Å². The third kappa shape index (κ3) is 4.65. The molecule has 2 aliphatic rings. The van der Waals surface area contributed by atoms with Crippen LogP contribution in [0.15, 0.2) is 48.2 Å². The molecule has 0 atom stereocenters. The molecule has 2 heterocycles. The minimum atomic E-state index is -0.304. The largest absolute Gasteiger partial charge is 0.494 e. The highest BCUT2D eigenvalue weighted by Gasteiger charge is 2.43. The molecule has 1 N–H and O–H groups in total. The Hall–Kier alpha value is -3.16. The average Bonchev–Trinajstić information content (AvgIpc) is 3.05. The van der Waals surface area contributed by atoms with E-state index in [2.05, 4.69) is 4.90 Å². The second-order valence-electron chi connectivity index (χ2n) is 8.52. The van der Waals surface area contributed by atoms with Gasteiger partial charge in [0, 0.05) is 32.7 Å². The van der Waals surface area contributed by atoms with Crippen LogP contribution in [-0.4, -0.2) is 72.7 Å². The average molecular weight is 450 g/mol. The molecule has 4 rings (SSSR count). The molecule has 174 valence electrons. The first-order chi connectivity index (χ1) is 15.9. The normalized spacial score (nSPS) is 17.3. The van der Waals surface area contributed by atoms with E-state index in [0.717, 1.165) is 30.0 Å². The Labute approximate surface area is 194 Å². The van der Waals surface area contributed by atoms with Gasteiger partial charge in [-0.2, -0.15) is 0 Å². The fourth-order valence-electron chi connectivity index (χ4n) is 4.61. The maximum atomic E-state index is 13.7. The Morgan fingerprint density at radius 3 is 2.12 bits per heavy atom. The molecule has 2 aromatic rings. The number of carbonyl (C=O) groups is 2. The van der Waals surface area contributed by atoms with E-state index in [1.54, 1.807) is 0 Å². The van der Waals surface area contributed by atoms with Crippen LogP contribution in [0.3, 0.4) is 0 Å². The van der Waals surface area contributed by atoms with Gasteiger partial charge in [-0.3, -0.25) is 14.5 Å². The molecular formula is C26H31N3O4. The van der Waals surface area contributed by atoms with Gasteiger partial charge in [-0.15, -0.1) is 0 Å². The molecule has 33 heavy (non-hydrogen) atoms. The van der Waals surface area contributed by atoms with E-state index in [0.29, 0.717) is 48.8 Å². The van der Waals surface area contributed by atoms with Crippen LogP contribution in [0, 0.1) is 13.8 Å². The number of β-amino-alcohol motifs (C(OH)–C–C–N with tert-alkyl or cyclic N) is 1. The summed E-state index contributed by atoms with van der Waals surface area (Å²) in [6.07, 6.45) is 0. The highest BCUT2D eigenvalue weighted by Crippen LogP contribution is 2.36. The number of aliphatic hydroxyl groups is 1. The predicted octanol–water partition coefficient (Wildman–Crippen LogP) is 2.60. The minimum Gasteiger partial charge on any atom is -0.494 e. The number of aryl methyl sites for hydroxylation is 2. The number of hydrogen-bond acceptors (Lipinski definition) is 6. The Morgan fingerprint density at radius 1 is 0.909 bits per heavy atom. The van der Waals surface area contributed by atoms with Gasteiger partial charge < -0.3 is 14.7 Å². The van der Waals surface area contributed by atoms with Crippen molar-refractivity contribution in [2.45, 2.75) is 20.8 Å². The number of amides is 2. The molecule has 0 spiro atoms. The number of benzene rings is 2. The zero-order valence-electron chi connectivity index (χ0n) is 19.5. The van der Waals surface area contributed by atoms with Gasteiger partial charge in [0.05, 0.1) is 24.5 Å². The standard InChI is InChI=1S/C26H31N3O4/c1-4-33-22-7-5-20(6-8-22)23-24(28-11-9-27(10-12-28)13-14-30)26(32)29(25(23)31)21-16-18(2)15-19(3)17-21/h5-8,15-17,30H,4,9-14H2,1-3H3. The van der Waals surface area contributed by atoms with Crippen LogP contribution < -0.4 is 9.64 Å². The quantitative estimate of drug-likeness (QED) is 0.655. The van der Waals surface area contributed by atoms with E-state index in [9.17, 15) is 14.7 Å². The number of rotatable bonds is 7. The number of carbonyl (C=O) groups excluding carboxylic acids is 2. The van der Waals surface area contributed by atoms with Gasteiger partial charge in [-0.1, -0.05) is 18.2 Å². The summed E-state index contributed by atoms with van der Waals surface area (Å²) in [6, 6.07) is 13.1. The summed E-state index contributed by atoms with van der Waals surface area (Å²) >= 11 is 0. The van der Waals surface area contributed by atoms with Crippen LogP contribution in [0.1, 0.15) is 23.6 Å². The zero-order valence-corrected chi connectivity index (χ0v) is 19.5. The van der Waals surface area contributed by atoms with Crippen LogP contribution >= 0.6 is 0 Å². The first-order valence-electron chi connectivity index (χ1n) is 11.5. The number of imide groups is 1. The number of nitrogens with zero attached hydrogens (tertiary/aromatic N) is 3. The molecule has 2 aliphatic heterocycles. The fraction of sp³-hybridized carbons (Fsp3) is 0.385. The molecule has 0 saturated carbocycles. The van der Waals surface area contributed by atoms with Gasteiger partial charge in [0.1, 0.15) is 11.4 Å². The van der Waals surface area contributed by atoms with Gasteiger partial charge in [0.2, 0.25) is 0 Å². The monoisotopic (exact) mass is 449 g/mol. The van der Waals surface area contributed by atoms with Crippen molar-refractivity contribution >= 4 is 23.1 Å². The Balaban J connectivity index is 1.74. The second-order valence-corrected chi connectivity index (χ2v) is 8.52. The lowest BCUT2D eigenvalue weighted by atomic mass is 10.0. The second kappa shape index (κ2) is 9.77. The van der Waals surface area contributed by atoms with Crippen molar-refractivity contribution in [3.05, 3.63) is 64.9 Å². The molecule has 0 unspecified atom stereocenters. The molecule has 7 heteroatoms. The number of aliphatic hydroxyl groups excluding tert-OH is 1. The van der Waals surface area contributed by atoms with Crippen LogP contribution in [0.25, 0.3) is 5.57 Å². The highest BCUT2D eigenvalue weighted by molar-refractivity contribution is 6.45. The summed E-state index contributed by atoms with van der Waals surface area (Å²) in [7, 11) is 0. The van der Waals surface area contributed by atoms with E-state index in [1.807, 2.05) is 68.1 Å². The smallest absolute Gasteiger partial charge is 0.282 e. The number of piperazine rings is 1. The molecule has 1 saturated heterocycles. The lowest BCUT2D eigenvalue weighted by Crippen LogP contribution is -2.48. The lowest BCUT2D eigenvalue weighted by molar-refractivity contribution is -0.120. The first kappa shape index (κ1) is 23.0. The fourth-order valence-corrected chi connectivity index (χ4v) is 4.61. The van der Waals surface area contributed by atoms with Crippen LogP contribution in [-0.2, 0) is 9.59 Å². The van der Waals surface area contributed by atoms with Crippen LogP contribution in [0.5, 0.6) is 5.75 Å². The SMILES string of the molecule is CCOc1ccc(C2=C(N3CCN(CCO)CC3)C(=O)N(c3cc(C)cc(C)c3)C2=O)cc1. The van der Waals surface area contributed by atoms with Crippen molar-refractivity contribution in [1.29, 1.82) is 0 Å². The van der Waals surface area contributed by atoms with Gasteiger partial charge >= 0.3 is 0 Å². The summed E-state index contributed by atoms with van der Waals surface area (Å²) < 4.78 is 5.55. The van der Waals surface area contributed by atoms with Gasteiger partial charge in [0.25, 0.3) is 11.8 Å².